The zero-order chi connectivity index (χ0) is 25.6. The van der Waals surface area contributed by atoms with Gasteiger partial charge in [0.25, 0.3) is 0 Å². The van der Waals surface area contributed by atoms with Crippen molar-refractivity contribution < 1.29 is 19.2 Å². The van der Waals surface area contributed by atoms with E-state index in [1.807, 2.05) is 31.2 Å². The lowest BCUT2D eigenvalue weighted by Crippen LogP contribution is -2.40. The molecule has 3 aromatic rings. The summed E-state index contributed by atoms with van der Waals surface area (Å²) in [7, 11) is 0. The predicted octanol–water partition coefficient (Wildman–Crippen LogP) is 0.258. The lowest BCUT2D eigenvalue weighted by molar-refractivity contribution is 0.121. The molecule has 1 aromatic carbocycles. The molecular formula is C22H29N11O4. The quantitative estimate of drug-likeness (QED) is 0.183. The van der Waals surface area contributed by atoms with Crippen LogP contribution in [0, 0.1) is 0 Å². The lowest BCUT2D eigenvalue weighted by Gasteiger charge is -2.30. The fourth-order valence-corrected chi connectivity index (χ4v) is 3.82. The Morgan fingerprint density at radius 1 is 0.946 bits per heavy atom. The normalized spacial score (nSPS) is 17.5. The molecular weight excluding hydrogens is 482 g/mol. The molecule has 0 saturated carbocycles. The smallest absolute Gasteiger partial charge is 0.233 e. The number of benzene rings is 1. The number of morpholine rings is 2. The minimum atomic E-state index is -1.24. The van der Waals surface area contributed by atoms with E-state index >= 15 is 0 Å². The minimum absolute atomic E-state index is 0.00448. The van der Waals surface area contributed by atoms with Crippen LogP contribution < -0.4 is 26.3 Å². The van der Waals surface area contributed by atoms with Gasteiger partial charge in [-0.3, -0.25) is 5.43 Å². The average Bonchev–Trinajstić information content (AvgIpc) is 3.38. The number of hydrogen-bond donors (Lipinski definition) is 4. The van der Waals surface area contributed by atoms with E-state index in [0.29, 0.717) is 50.0 Å². The number of nitrogen functional groups attached to an aromatic ring is 1. The third kappa shape index (κ3) is 6.02. The second-order valence-electron chi connectivity index (χ2n) is 8.42. The molecule has 15 nitrogen and oxygen atoms in total. The largest absolute Gasteiger partial charge is 0.379 e. The first-order valence-electron chi connectivity index (χ1n) is 11.9. The molecule has 37 heavy (non-hydrogen) atoms. The second-order valence-corrected chi connectivity index (χ2v) is 8.42. The highest BCUT2D eigenvalue weighted by Crippen LogP contribution is 2.22. The van der Waals surface area contributed by atoms with E-state index in [9.17, 15) is 5.11 Å². The van der Waals surface area contributed by atoms with Gasteiger partial charge in [-0.25, -0.2) is 4.63 Å². The summed E-state index contributed by atoms with van der Waals surface area (Å²) in [6.07, 6.45) is -1.24. The molecule has 0 radical (unpaired) electrons. The molecule has 5 rings (SSSR count). The maximum Gasteiger partial charge on any atom is 0.233 e. The molecule has 196 valence electrons. The van der Waals surface area contributed by atoms with E-state index < -0.39 is 6.23 Å². The maximum atomic E-state index is 10.1. The number of aliphatic hydroxyl groups is 1. The average molecular weight is 512 g/mol. The van der Waals surface area contributed by atoms with Crippen LogP contribution in [0.25, 0.3) is 0 Å². The monoisotopic (exact) mass is 511 g/mol. The first-order chi connectivity index (χ1) is 18.1. The van der Waals surface area contributed by atoms with E-state index in [2.05, 4.69) is 50.6 Å². The second kappa shape index (κ2) is 11.3. The van der Waals surface area contributed by atoms with Crippen molar-refractivity contribution in [2.45, 2.75) is 13.2 Å². The maximum absolute atomic E-state index is 10.1. The number of rotatable bonds is 8. The van der Waals surface area contributed by atoms with Gasteiger partial charge >= 0.3 is 0 Å². The Kier molecular flexibility index (Phi) is 7.53. The molecule has 0 bridgehead atoms. The van der Waals surface area contributed by atoms with E-state index in [1.54, 1.807) is 0 Å². The van der Waals surface area contributed by atoms with Crippen molar-refractivity contribution in [3.05, 3.63) is 35.5 Å². The number of nitrogens with one attached hydrogen (secondary N) is 2. The summed E-state index contributed by atoms with van der Waals surface area (Å²) >= 11 is 0. The molecule has 0 amide bonds. The van der Waals surface area contributed by atoms with Crippen molar-refractivity contribution in [3.8, 4) is 0 Å². The van der Waals surface area contributed by atoms with E-state index in [-0.39, 0.29) is 11.5 Å². The predicted molar refractivity (Wildman–Crippen MR) is 135 cm³/mol. The van der Waals surface area contributed by atoms with Gasteiger partial charge in [-0.15, -0.1) is 0 Å². The molecule has 1 unspecified atom stereocenters. The van der Waals surface area contributed by atoms with Gasteiger partial charge in [0.2, 0.25) is 17.8 Å². The molecule has 4 heterocycles. The molecule has 15 heteroatoms. The Balaban J connectivity index is 1.30. The third-order valence-corrected chi connectivity index (χ3v) is 5.91. The third-order valence-electron chi connectivity index (χ3n) is 5.91. The molecule has 2 aliphatic heterocycles. The van der Waals surface area contributed by atoms with Crippen LogP contribution in [-0.2, 0) is 9.47 Å². The van der Waals surface area contributed by atoms with E-state index in [4.69, 9.17) is 20.2 Å². The summed E-state index contributed by atoms with van der Waals surface area (Å²) in [4.78, 5) is 18.3. The number of hydrogen-bond acceptors (Lipinski definition) is 15. The summed E-state index contributed by atoms with van der Waals surface area (Å²) < 4.78 is 15.5. The number of nitrogens with zero attached hydrogens (tertiary/aromatic N) is 8. The Morgan fingerprint density at radius 3 is 2.08 bits per heavy atom. The molecule has 0 spiro atoms. The fraction of sp³-hybridized carbons (Fsp3) is 0.455. The number of nitrogens with two attached hydrogens (primary N) is 1. The van der Waals surface area contributed by atoms with E-state index in [0.717, 1.165) is 37.4 Å². The SMILES string of the molecule is CC(=NNC(O)c1nonc1N)c1ccc(Nc2nc(N3CCOCC3)nc(N3CCOCC3)n2)cc1. The van der Waals surface area contributed by atoms with Gasteiger partial charge in [-0.1, -0.05) is 12.1 Å². The topological polar surface area (TPSA) is 185 Å². The van der Waals surface area contributed by atoms with Gasteiger partial charge in [0.15, 0.2) is 17.7 Å². The Morgan fingerprint density at radius 2 is 1.54 bits per heavy atom. The molecule has 1 atom stereocenters. The summed E-state index contributed by atoms with van der Waals surface area (Å²) in [6.45, 7) is 7.25. The first-order valence-corrected chi connectivity index (χ1v) is 11.9. The fourth-order valence-electron chi connectivity index (χ4n) is 3.82. The number of aromatic nitrogens is 5. The number of ether oxygens (including phenoxy) is 2. The van der Waals surface area contributed by atoms with Crippen molar-refractivity contribution in [2.75, 3.05) is 73.5 Å². The van der Waals surface area contributed by atoms with Crippen LogP contribution in [0.3, 0.4) is 0 Å². The Labute approximate surface area is 212 Å². The van der Waals surface area contributed by atoms with Gasteiger partial charge in [0.05, 0.1) is 32.1 Å². The standard InChI is InChI=1S/C22H29N11O4/c1-14(28-29-19(34)17-18(23)31-37-30-17)15-2-4-16(5-3-15)24-20-25-21(32-6-10-35-11-7-32)27-22(26-20)33-8-12-36-13-9-33/h2-5,19,29,34H,6-13H2,1H3,(H2,23,31)(H,24,25,26,27). The highest BCUT2D eigenvalue weighted by atomic mass is 16.6. The molecule has 2 aliphatic rings. The van der Waals surface area contributed by atoms with Crippen molar-refractivity contribution in [1.29, 1.82) is 0 Å². The van der Waals surface area contributed by atoms with Gasteiger partial charge in [-0.2, -0.15) is 20.1 Å². The Hall–Kier alpha value is -4.08. The van der Waals surface area contributed by atoms with Gasteiger partial charge in [0.1, 0.15) is 0 Å². The molecule has 2 aromatic heterocycles. The van der Waals surface area contributed by atoms with Crippen LogP contribution in [0.15, 0.2) is 34.0 Å². The van der Waals surface area contributed by atoms with Gasteiger partial charge in [-0.05, 0) is 34.9 Å². The Bertz CT molecular complexity index is 1170. The highest BCUT2D eigenvalue weighted by Gasteiger charge is 2.21. The first kappa shape index (κ1) is 24.6. The van der Waals surface area contributed by atoms with Crippen LogP contribution in [0.5, 0.6) is 0 Å². The summed E-state index contributed by atoms with van der Waals surface area (Å²) in [5, 5.41) is 24.6. The van der Waals surface area contributed by atoms with Crippen molar-refractivity contribution in [3.63, 3.8) is 0 Å². The summed E-state index contributed by atoms with van der Waals surface area (Å²) in [6, 6.07) is 7.59. The van der Waals surface area contributed by atoms with Crippen LogP contribution in [0.1, 0.15) is 24.4 Å². The van der Waals surface area contributed by atoms with Crippen molar-refractivity contribution in [1.82, 2.24) is 30.7 Å². The zero-order valence-electron chi connectivity index (χ0n) is 20.4. The zero-order valence-corrected chi connectivity index (χ0v) is 20.4. The summed E-state index contributed by atoms with van der Waals surface area (Å²) in [5.41, 5.74) is 10.5. The number of hydrazone groups is 1. The van der Waals surface area contributed by atoms with Crippen LogP contribution >= 0.6 is 0 Å². The van der Waals surface area contributed by atoms with E-state index in [1.165, 1.54) is 0 Å². The number of aliphatic hydroxyl groups excluding tert-OH is 1. The van der Waals surface area contributed by atoms with Gasteiger partial charge in [0, 0.05) is 31.9 Å². The summed E-state index contributed by atoms with van der Waals surface area (Å²) in [5.74, 6) is 1.69. The molecule has 0 aliphatic carbocycles. The number of anilines is 5. The molecule has 2 saturated heterocycles. The van der Waals surface area contributed by atoms with Crippen LogP contribution in [0.4, 0.5) is 29.4 Å². The molecule has 2 fully saturated rings. The van der Waals surface area contributed by atoms with Crippen molar-refractivity contribution >= 4 is 35.1 Å². The highest BCUT2D eigenvalue weighted by molar-refractivity contribution is 5.98. The minimum Gasteiger partial charge on any atom is -0.379 e. The lowest BCUT2D eigenvalue weighted by atomic mass is 10.1. The van der Waals surface area contributed by atoms with Crippen molar-refractivity contribution in [2.24, 2.45) is 5.10 Å². The van der Waals surface area contributed by atoms with Crippen LogP contribution in [0.2, 0.25) is 0 Å². The van der Waals surface area contributed by atoms with Gasteiger partial charge < -0.3 is 35.4 Å². The van der Waals surface area contributed by atoms with Crippen LogP contribution in [-0.4, -0.2) is 88.7 Å². The molecule has 5 N–H and O–H groups in total.